The van der Waals surface area contributed by atoms with Gasteiger partial charge < -0.3 is 14.2 Å². The second-order valence-electron chi connectivity index (χ2n) is 2.38. The second-order valence-corrected chi connectivity index (χ2v) is 3.17. The Balaban J connectivity index is 3.97. The van der Waals surface area contributed by atoms with Gasteiger partial charge in [0, 0.05) is 12.3 Å². The van der Waals surface area contributed by atoms with Crippen LogP contribution in [-0.2, 0) is 23.8 Å². The van der Waals surface area contributed by atoms with Gasteiger partial charge in [0.2, 0.25) is 0 Å². The molecule has 0 spiro atoms. The Morgan fingerprint density at radius 3 is 2.50 bits per heavy atom. The summed E-state index contributed by atoms with van der Waals surface area (Å²) < 4.78 is 14.0. The first kappa shape index (κ1) is 13.4. The average Bonchev–Trinajstić information content (AvgIpc) is 2.15. The maximum Gasteiger partial charge on any atom is 0.376 e. The van der Waals surface area contributed by atoms with Gasteiger partial charge in [0.25, 0.3) is 0 Å². The van der Waals surface area contributed by atoms with Crippen LogP contribution in [0.1, 0.15) is 13.3 Å². The third-order valence-electron chi connectivity index (χ3n) is 1.21. The third kappa shape index (κ3) is 5.93. The molecule has 0 heterocycles. The van der Waals surface area contributed by atoms with Gasteiger partial charge >= 0.3 is 18.2 Å². The molecule has 0 unspecified atom stereocenters. The number of methoxy groups -OCH3 is 1. The van der Waals surface area contributed by atoms with E-state index in [0.29, 0.717) is 6.61 Å². The predicted molar refractivity (Wildman–Crippen MR) is 51.9 cm³/mol. The van der Waals surface area contributed by atoms with Crippen molar-refractivity contribution in [2.24, 2.45) is 0 Å². The standard InChI is InChI=1S/C8H13BrO5/c1-6(10)14-8(7(11)12-2)13-5-3-4-9/h8H,3-5H2,1-2H3/t8-/m0/s1. The highest BCUT2D eigenvalue weighted by Crippen LogP contribution is 2.00. The van der Waals surface area contributed by atoms with Crippen LogP contribution >= 0.6 is 15.9 Å². The number of ether oxygens (including phenoxy) is 3. The van der Waals surface area contributed by atoms with E-state index in [1.54, 1.807) is 0 Å². The fraction of sp³-hybridized carbons (Fsp3) is 0.750. The van der Waals surface area contributed by atoms with Gasteiger partial charge in [-0.1, -0.05) is 15.9 Å². The van der Waals surface area contributed by atoms with E-state index in [0.717, 1.165) is 11.8 Å². The summed E-state index contributed by atoms with van der Waals surface area (Å²) in [5, 5.41) is 0.751. The molecule has 0 aromatic rings. The van der Waals surface area contributed by atoms with Crippen molar-refractivity contribution in [2.45, 2.75) is 19.6 Å². The zero-order valence-corrected chi connectivity index (χ0v) is 9.70. The van der Waals surface area contributed by atoms with Crippen LogP contribution in [0.15, 0.2) is 0 Å². The molecule has 5 nitrogen and oxygen atoms in total. The number of esters is 2. The van der Waals surface area contributed by atoms with E-state index in [9.17, 15) is 9.59 Å². The number of rotatable bonds is 6. The maximum atomic E-state index is 11.0. The summed E-state index contributed by atoms with van der Waals surface area (Å²) in [6, 6.07) is 0. The molecule has 0 bridgehead atoms. The number of alkyl halides is 1. The molecule has 0 fully saturated rings. The molecule has 0 aliphatic rings. The van der Waals surface area contributed by atoms with Crippen LogP contribution < -0.4 is 0 Å². The Hall–Kier alpha value is -0.620. The monoisotopic (exact) mass is 268 g/mol. The van der Waals surface area contributed by atoms with Crippen molar-refractivity contribution in [1.82, 2.24) is 0 Å². The van der Waals surface area contributed by atoms with Crippen LogP contribution in [0.3, 0.4) is 0 Å². The van der Waals surface area contributed by atoms with Crippen LogP contribution in [0.5, 0.6) is 0 Å². The van der Waals surface area contributed by atoms with E-state index in [2.05, 4.69) is 25.4 Å². The lowest BCUT2D eigenvalue weighted by Crippen LogP contribution is -2.30. The van der Waals surface area contributed by atoms with E-state index in [4.69, 9.17) is 4.74 Å². The normalized spacial score (nSPS) is 11.9. The van der Waals surface area contributed by atoms with Gasteiger partial charge in [0.15, 0.2) is 0 Å². The molecule has 0 amide bonds. The van der Waals surface area contributed by atoms with Gasteiger partial charge in [0.05, 0.1) is 13.7 Å². The molecule has 14 heavy (non-hydrogen) atoms. The minimum absolute atomic E-state index is 0.318. The van der Waals surface area contributed by atoms with Crippen LogP contribution in [0.25, 0.3) is 0 Å². The molecular weight excluding hydrogens is 256 g/mol. The Morgan fingerprint density at radius 1 is 1.43 bits per heavy atom. The van der Waals surface area contributed by atoms with E-state index in [1.165, 1.54) is 14.0 Å². The summed E-state index contributed by atoms with van der Waals surface area (Å²) in [5.41, 5.74) is 0. The fourth-order valence-electron chi connectivity index (χ4n) is 0.642. The molecular formula is C8H13BrO5. The van der Waals surface area contributed by atoms with E-state index >= 15 is 0 Å². The fourth-order valence-corrected chi connectivity index (χ4v) is 0.871. The van der Waals surface area contributed by atoms with E-state index in [1.807, 2.05) is 0 Å². The van der Waals surface area contributed by atoms with Crippen LogP contribution in [-0.4, -0.2) is 37.3 Å². The lowest BCUT2D eigenvalue weighted by molar-refractivity contribution is -0.197. The summed E-state index contributed by atoms with van der Waals surface area (Å²) in [6.45, 7) is 1.52. The predicted octanol–water partition coefficient (Wildman–Crippen LogP) is 0.850. The van der Waals surface area contributed by atoms with Crippen molar-refractivity contribution >= 4 is 27.9 Å². The highest BCUT2D eigenvalue weighted by Gasteiger charge is 2.22. The lowest BCUT2D eigenvalue weighted by Gasteiger charge is -2.14. The Kier molecular flexibility index (Phi) is 7.41. The van der Waals surface area contributed by atoms with Crippen LogP contribution in [0.2, 0.25) is 0 Å². The quantitative estimate of drug-likeness (QED) is 0.309. The lowest BCUT2D eigenvalue weighted by atomic mass is 10.5. The number of carbonyl (C=O) groups is 2. The van der Waals surface area contributed by atoms with Gasteiger partial charge in [-0.05, 0) is 6.42 Å². The first-order chi connectivity index (χ1) is 6.61. The summed E-state index contributed by atoms with van der Waals surface area (Å²) in [7, 11) is 1.20. The molecule has 0 saturated heterocycles. The molecule has 0 radical (unpaired) electrons. The van der Waals surface area contributed by atoms with Crippen molar-refractivity contribution in [3.63, 3.8) is 0 Å². The van der Waals surface area contributed by atoms with Gasteiger partial charge in [-0.15, -0.1) is 0 Å². The summed E-state index contributed by atoms with van der Waals surface area (Å²) in [6.07, 6.45) is -0.536. The molecule has 0 aromatic heterocycles. The van der Waals surface area contributed by atoms with Crippen molar-refractivity contribution < 1.29 is 23.8 Å². The number of hydrogen-bond donors (Lipinski definition) is 0. The molecule has 82 valence electrons. The largest absolute Gasteiger partial charge is 0.464 e. The van der Waals surface area contributed by atoms with Crippen LogP contribution in [0.4, 0.5) is 0 Å². The topological polar surface area (TPSA) is 61.8 Å². The molecule has 6 heteroatoms. The Labute approximate surface area is 90.8 Å². The van der Waals surface area contributed by atoms with Gasteiger partial charge in [-0.2, -0.15) is 0 Å². The molecule has 0 N–H and O–H groups in total. The van der Waals surface area contributed by atoms with Crippen LogP contribution in [0, 0.1) is 0 Å². The third-order valence-corrected chi connectivity index (χ3v) is 1.77. The van der Waals surface area contributed by atoms with Crippen molar-refractivity contribution in [1.29, 1.82) is 0 Å². The van der Waals surface area contributed by atoms with Crippen molar-refractivity contribution in [3.05, 3.63) is 0 Å². The molecule has 0 aliphatic heterocycles. The summed E-state index contributed by atoms with van der Waals surface area (Å²) in [5.74, 6) is -1.30. The van der Waals surface area contributed by atoms with E-state index in [-0.39, 0.29) is 0 Å². The van der Waals surface area contributed by atoms with Gasteiger partial charge in [-0.3, -0.25) is 4.79 Å². The summed E-state index contributed by atoms with van der Waals surface area (Å²) in [4.78, 5) is 21.6. The molecule has 0 rings (SSSR count). The van der Waals surface area contributed by atoms with Gasteiger partial charge in [0.1, 0.15) is 0 Å². The van der Waals surface area contributed by atoms with Crippen molar-refractivity contribution in [2.75, 3.05) is 19.0 Å². The highest BCUT2D eigenvalue weighted by molar-refractivity contribution is 9.09. The zero-order chi connectivity index (χ0) is 11.0. The average molecular weight is 269 g/mol. The van der Waals surface area contributed by atoms with E-state index < -0.39 is 18.2 Å². The molecule has 1 atom stereocenters. The van der Waals surface area contributed by atoms with Crippen molar-refractivity contribution in [3.8, 4) is 0 Å². The van der Waals surface area contributed by atoms with Gasteiger partial charge in [-0.25, -0.2) is 4.79 Å². The highest BCUT2D eigenvalue weighted by atomic mass is 79.9. The Bertz CT molecular complexity index is 194. The smallest absolute Gasteiger partial charge is 0.376 e. The molecule has 0 saturated carbocycles. The number of hydrogen-bond acceptors (Lipinski definition) is 5. The summed E-state index contributed by atoms with van der Waals surface area (Å²) >= 11 is 3.20. The first-order valence-electron chi connectivity index (χ1n) is 4.04. The molecule has 0 aliphatic carbocycles. The first-order valence-corrected chi connectivity index (χ1v) is 5.16. The number of carbonyl (C=O) groups excluding carboxylic acids is 2. The molecule has 0 aromatic carbocycles. The minimum Gasteiger partial charge on any atom is -0.464 e. The minimum atomic E-state index is -1.25. The SMILES string of the molecule is COC(=O)[C@@H](OCCCBr)OC(C)=O. The second kappa shape index (κ2) is 7.75. The Morgan fingerprint density at radius 2 is 2.07 bits per heavy atom. The maximum absolute atomic E-state index is 11.0. The number of halogens is 1. The zero-order valence-electron chi connectivity index (χ0n) is 8.12.